The molecule has 0 fully saturated rings. The predicted octanol–water partition coefficient (Wildman–Crippen LogP) is 18.9. The second-order valence-electron chi connectivity index (χ2n) is 18.5. The second kappa shape index (κ2) is 55.9. The summed E-state index contributed by atoms with van der Waals surface area (Å²) in [7, 11) is 0. The fourth-order valence-corrected chi connectivity index (χ4v) is 7.57. The van der Waals surface area contributed by atoms with Crippen molar-refractivity contribution in [2.24, 2.45) is 0 Å². The average molecular weight is 946 g/mol. The summed E-state index contributed by atoms with van der Waals surface area (Å²) in [6, 6.07) is 0. The van der Waals surface area contributed by atoms with E-state index in [-0.39, 0.29) is 37.5 Å². The molecule has 0 saturated carbocycles. The Hall–Kier alpha value is -3.67. The van der Waals surface area contributed by atoms with Gasteiger partial charge in [0, 0.05) is 19.3 Å². The van der Waals surface area contributed by atoms with Crippen LogP contribution in [0.4, 0.5) is 0 Å². The fraction of sp³-hybridized carbons (Fsp3) is 0.694. The minimum Gasteiger partial charge on any atom is -0.462 e. The molecule has 0 rings (SSSR count). The number of ether oxygens (including phenoxy) is 3. The van der Waals surface area contributed by atoms with Crippen molar-refractivity contribution in [3.63, 3.8) is 0 Å². The molecule has 0 radical (unpaired) electrons. The minimum absolute atomic E-state index is 0.107. The average Bonchev–Trinajstić information content (AvgIpc) is 3.34. The van der Waals surface area contributed by atoms with Gasteiger partial charge in [-0.1, -0.05) is 227 Å². The molecule has 6 heteroatoms. The summed E-state index contributed by atoms with van der Waals surface area (Å²) in [5.41, 5.74) is 0. The number of carbonyl (C=O) groups is 3. The summed E-state index contributed by atoms with van der Waals surface area (Å²) in [6.45, 7) is 6.43. The highest BCUT2D eigenvalue weighted by molar-refractivity contribution is 5.71. The Balaban J connectivity index is 4.41. The number of hydrogen-bond acceptors (Lipinski definition) is 6. The number of rotatable bonds is 50. The molecule has 68 heavy (non-hydrogen) atoms. The van der Waals surface area contributed by atoms with Crippen LogP contribution in [-0.2, 0) is 28.6 Å². The lowest BCUT2D eigenvalue weighted by molar-refractivity contribution is -0.166. The number of hydrogen-bond donors (Lipinski definition) is 0. The zero-order valence-corrected chi connectivity index (χ0v) is 44.3. The van der Waals surface area contributed by atoms with Crippen molar-refractivity contribution in [2.75, 3.05) is 13.2 Å². The summed E-state index contributed by atoms with van der Waals surface area (Å²) in [4.78, 5) is 38.0. The molecule has 0 saturated heterocycles. The summed E-state index contributed by atoms with van der Waals surface area (Å²) in [6.07, 6.45) is 74.1. The lowest BCUT2D eigenvalue weighted by atomic mass is 10.1. The van der Waals surface area contributed by atoms with Gasteiger partial charge in [0.15, 0.2) is 6.10 Å². The topological polar surface area (TPSA) is 78.9 Å². The zero-order valence-electron chi connectivity index (χ0n) is 44.3. The largest absolute Gasteiger partial charge is 0.462 e. The van der Waals surface area contributed by atoms with E-state index in [1.54, 1.807) is 0 Å². The first kappa shape index (κ1) is 64.3. The number of allylic oxidation sites excluding steroid dienone is 16. The van der Waals surface area contributed by atoms with Crippen LogP contribution in [0.2, 0.25) is 0 Å². The van der Waals surface area contributed by atoms with Crippen molar-refractivity contribution < 1.29 is 28.6 Å². The summed E-state index contributed by atoms with van der Waals surface area (Å²) < 4.78 is 16.8. The van der Waals surface area contributed by atoms with Gasteiger partial charge in [0.05, 0.1) is 0 Å². The highest BCUT2D eigenvalue weighted by Gasteiger charge is 2.19. The molecular weight excluding hydrogens is 841 g/mol. The van der Waals surface area contributed by atoms with Crippen LogP contribution in [0.1, 0.15) is 258 Å². The van der Waals surface area contributed by atoms with Crippen LogP contribution in [0.15, 0.2) is 97.2 Å². The van der Waals surface area contributed by atoms with E-state index in [0.29, 0.717) is 19.3 Å². The molecule has 6 nitrogen and oxygen atoms in total. The zero-order chi connectivity index (χ0) is 49.3. The summed E-state index contributed by atoms with van der Waals surface area (Å²) in [5, 5.41) is 0. The Labute approximate surface area is 419 Å². The van der Waals surface area contributed by atoms with Crippen molar-refractivity contribution in [3.05, 3.63) is 97.2 Å². The fourth-order valence-electron chi connectivity index (χ4n) is 7.57. The maximum atomic E-state index is 12.8. The first-order valence-corrected chi connectivity index (χ1v) is 28.2. The van der Waals surface area contributed by atoms with E-state index in [1.165, 1.54) is 116 Å². The molecule has 0 heterocycles. The number of esters is 3. The Morgan fingerprint density at radius 1 is 0.309 bits per heavy atom. The SMILES string of the molecule is CC/C=C\C/C=C\C/C=C\C/C=C\CCC(=O)OCC(COC(=O)CCCCCCCCCC/C=C\C/C=C\C/C=C\CCCCCCC)OC(=O)CCCCCCC/C=C\CCCCCCC. The third-order valence-corrected chi connectivity index (χ3v) is 11.8. The van der Waals surface area contributed by atoms with Gasteiger partial charge in [-0.3, -0.25) is 14.4 Å². The molecule has 1 unspecified atom stereocenters. The third-order valence-electron chi connectivity index (χ3n) is 11.8. The molecule has 0 N–H and O–H groups in total. The molecule has 388 valence electrons. The van der Waals surface area contributed by atoms with E-state index >= 15 is 0 Å². The Morgan fingerprint density at radius 2 is 0.603 bits per heavy atom. The summed E-state index contributed by atoms with van der Waals surface area (Å²) >= 11 is 0. The molecule has 0 aromatic heterocycles. The van der Waals surface area contributed by atoms with Crippen molar-refractivity contribution in [2.45, 2.75) is 264 Å². The molecule has 0 aromatic carbocycles. The van der Waals surface area contributed by atoms with E-state index in [1.807, 2.05) is 12.2 Å². The smallest absolute Gasteiger partial charge is 0.306 e. The molecule has 0 amide bonds. The van der Waals surface area contributed by atoms with Crippen LogP contribution in [0, 0.1) is 0 Å². The van der Waals surface area contributed by atoms with Gasteiger partial charge in [-0.2, -0.15) is 0 Å². The Kier molecular flexibility index (Phi) is 52.9. The van der Waals surface area contributed by atoms with E-state index in [2.05, 4.69) is 106 Å². The van der Waals surface area contributed by atoms with Crippen molar-refractivity contribution >= 4 is 17.9 Å². The first-order valence-electron chi connectivity index (χ1n) is 28.2. The van der Waals surface area contributed by atoms with E-state index < -0.39 is 6.10 Å². The number of unbranched alkanes of at least 4 members (excludes halogenated alkanes) is 23. The molecule has 1 atom stereocenters. The van der Waals surface area contributed by atoms with Crippen LogP contribution in [0.25, 0.3) is 0 Å². The second-order valence-corrected chi connectivity index (χ2v) is 18.5. The molecular formula is C62H104O6. The van der Waals surface area contributed by atoms with Gasteiger partial charge in [-0.05, 0) is 109 Å². The molecule has 0 aromatic rings. The van der Waals surface area contributed by atoms with Gasteiger partial charge >= 0.3 is 17.9 Å². The van der Waals surface area contributed by atoms with Crippen LogP contribution in [-0.4, -0.2) is 37.2 Å². The third kappa shape index (κ3) is 53.3. The van der Waals surface area contributed by atoms with Crippen LogP contribution in [0.5, 0.6) is 0 Å². The molecule has 0 aliphatic heterocycles. The first-order chi connectivity index (χ1) is 33.5. The standard InChI is InChI=1S/C62H104O6/c1-4-7-10-13-16-19-22-25-27-28-29-30-31-32-33-34-35-38-40-43-46-49-52-55-61(64)67-58-59(57-66-60(63)54-51-48-45-42-39-36-24-21-18-15-12-9-6-3)68-62(65)56-53-50-47-44-41-37-26-23-20-17-14-11-8-5-2/h9,12,18,21-23,25-26,28-29,31-32,36,39,45,48,59H,4-8,10-11,13-17,19-20,24,27,30,33-35,37-38,40-44,46-47,49-58H2,1-3H3/b12-9-,21-18-,25-22-,26-23-,29-28-,32-31-,39-36-,48-45-. The minimum atomic E-state index is -0.814. The summed E-state index contributed by atoms with van der Waals surface area (Å²) in [5.74, 6) is -1.01. The van der Waals surface area contributed by atoms with Gasteiger partial charge in [-0.25, -0.2) is 0 Å². The van der Waals surface area contributed by atoms with Gasteiger partial charge in [0.25, 0.3) is 0 Å². The lowest BCUT2D eigenvalue weighted by Crippen LogP contribution is -2.30. The monoisotopic (exact) mass is 945 g/mol. The maximum absolute atomic E-state index is 12.8. The quantitative estimate of drug-likeness (QED) is 0.0262. The van der Waals surface area contributed by atoms with Gasteiger partial charge in [0.1, 0.15) is 13.2 Å². The molecule has 0 aliphatic carbocycles. The maximum Gasteiger partial charge on any atom is 0.306 e. The highest BCUT2D eigenvalue weighted by Crippen LogP contribution is 2.14. The normalized spacial score (nSPS) is 12.8. The van der Waals surface area contributed by atoms with Crippen LogP contribution < -0.4 is 0 Å². The molecule has 0 aliphatic rings. The van der Waals surface area contributed by atoms with Crippen LogP contribution in [0.3, 0.4) is 0 Å². The van der Waals surface area contributed by atoms with Crippen LogP contribution >= 0.6 is 0 Å². The van der Waals surface area contributed by atoms with Crippen molar-refractivity contribution in [1.82, 2.24) is 0 Å². The lowest BCUT2D eigenvalue weighted by Gasteiger charge is -2.18. The predicted molar refractivity (Wildman–Crippen MR) is 293 cm³/mol. The van der Waals surface area contributed by atoms with Gasteiger partial charge < -0.3 is 14.2 Å². The number of carbonyl (C=O) groups excluding carboxylic acids is 3. The Morgan fingerprint density at radius 3 is 1.00 bits per heavy atom. The molecule has 0 bridgehead atoms. The van der Waals surface area contributed by atoms with E-state index in [9.17, 15) is 14.4 Å². The van der Waals surface area contributed by atoms with E-state index in [4.69, 9.17) is 14.2 Å². The van der Waals surface area contributed by atoms with Gasteiger partial charge in [-0.15, -0.1) is 0 Å². The molecule has 0 spiro atoms. The van der Waals surface area contributed by atoms with Gasteiger partial charge in [0.2, 0.25) is 0 Å². The highest BCUT2D eigenvalue weighted by atomic mass is 16.6. The van der Waals surface area contributed by atoms with Crippen molar-refractivity contribution in [1.29, 1.82) is 0 Å². The Bertz CT molecular complexity index is 1360. The van der Waals surface area contributed by atoms with E-state index in [0.717, 1.165) is 96.3 Å². The van der Waals surface area contributed by atoms with Crippen molar-refractivity contribution in [3.8, 4) is 0 Å².